The van der Waals surface area contributed by atoms with Crippen molar-refractivity contribution in [1.29, 1.82) is 0 Å². The minimum absolute atomic E-state index is 0.0443. The highest BCUT2D eigenvalue weighted by Crippen LogP contribution is 2.22. The third kappa shape index (κ3) is 3.80. The lowest BCUT2D eigenvalue weighted by Crippen LogP contribution is -2.32. The van der Waals surface area contributed by atoms with Crippen LogP contribution in [0.15, 0.2) is 18.9 Å². The maximum absolute atomic E-state index is 11.8. The first-order valence-electron chi connectivity index (χ1n) is 6.79. The standard InChI is InChI=1S/C13H18N4O4/c1-2-8-21-13(20)16-6-3-4-10(5-7-16)17-9-11(12(18)19)14-15-17/h2,9-10H,1,3-8H2,(H,18,19). The number of carbonyl (C=O) groups excluding carboxylic acids is 1. The van der Waals surface area contributed by atoms with Gasteiger partial charge in [-0.25, -0.2) is 14.3 Å². The Balaban J connectivity index is 1.95. The van der Waals surface area contributed by atoms with Gasteiger partial charge in [-0.2, -0.15) is 0 Å². The Hall–Kier alpha value is -2.38. The summed E-state index contributed by atoms with van der Waals surface area (Å²) in [4.78, 5) is 24.3. The summed E-state index contributed by atoms with van der Waals surface area (Å²) in [6, 6.07) is 0.0443. The Bertz CT molecular complexity index is 528. The van der Waals surface area contributed by atoms with Crippen molar-refractivity contribution in [2.45, 2.75) is 25.3 Å². The second-order valence-corrected chi connectivity index (χ2v) is 4.83. The third-order valence-electron chi connectivity index (χ3n) is 3.38. The van der Waals surface area contributed by atoms with Crippen molar-refractivity contribution in [2.24, 2.45) is 0 Å². The molecule has 0 radical (unpaired) electrons. The summed E-state index contributed by atoms with van der Waals surface area (Å²) in [5.41, 5.74) is -0.0681. The average Bonchev–Trinajstić information content (AvgIpc) is 2.83. The van der Waals surface area contributed by atoms with Gasteiger partial charge in [-0.15, -0.1) is 5.10 Å². The molecule has 1 saturated heterocycles. The van der Waals surface area contributed by atoms with Crippen molar-refractivity contribution < 1.29 is 19.4 Å². The number of likely N-dealkylation sites (tertiary alicyclic amines) is 1. The summed E-state index contributed by atoms with van der Waals surface area (Å²) in [7, 11) is 0. The van der Waals surface area contributed by atoms with E-state index in [1.807, 2.05) is 0 Å². The molecule has 1 aromatic heterocycles. The Labute approximate surface area is 122 Å². The first-order valence-corrected chi connectivity index (χ1v) is 6.79. The summed E-state index contributed by atoms with van der Waals surface area (Å²) in [5, 5.41) is 16.3. The van der Waals surface area contributed by atoms with E-state index in [1.165, 1.54) is 12.3 Å². The van der Waals surface area contributed by atoms with E-state index in [1.54, 1.807) is 9.58 Å². The van der Waals surface area contributed by atoms with Crippen LogP contribution in [-0.4, -0.2) is 56.8 Å². The molecule has 1 aliphatic rings. The molecule has 8 nitrogen and oxygen atoms in total. The molecule has 2 heterocycles. The zero-order valence-corrected chi connectivity index (χ0v) is 11.6. The zero-order valence-electron chi connectivity index (χ0n) is 11.6. The van der Waals surface area contributed by atoms with Gasteiger partial charge in [0, 0.05) is 13.1 Å². The SMILES string of the molecule is C=CCOC(=O)N1CCCC(n2cc(C(=O)O)nn2)CC1. The molecule has 21 heavy (non-hydrogen) atoms. The molecule has 1 aliphatic heterocycles. The highest BCUT2D eigenvalue weighted by molar-refractivity contribution is 5.84. The lowest BCUT2D eigenvalue weighted by atomic mass is 10.1. The number of rotatable bonds is 4. The first kappa shape index (κ1) is 15.0. The van der Waals surface area contributed by atoms with Gasteiger partial charge < -0.3 is 14.7 Å². The van der Waals surface area contributed by atoms with Crippen molar-refractivity contribution in [2.75, 3.05) is 19.7 Å². The van der Waals surface area contributed by atoms with Crippen LogP contribution in [0.2, 0.25) is 0 Å². The lowest BCUT2D eigenvalue weighted by Gasteiger charge is -2.19. The third-order valence-corrected chi connectivity index (χ3v) is 3.38. The normalized spacial score (nSPS) is 18.9. The number of carbonyl (C=O) groups is 2. The smallest absolute Gasteiger partial charge is 0.410 e. The summed E-state index contributed by atoms with van der Waals surface area (Å²) in [5.74, 6) is -1.09. The number of aromatic carboxylic acids is 1. The average molecular weight is 294 g/mol. The molecule has 0 saturated carbocycles. The van der Waals surface area contributed by atoms with Crippen LogP contribution < -0.4 is 0 Å². The Morgan fingerprint density at radius 2 is 2.29 bits per heavy atom. The van der Waals surface area contributed by atoms with E-state index in [9.17, 15) is 9.59 Å². The molecule has 1 fully saturated rings. The second kappa shape index (κ2) is 6.87. The lowest BCUT2D eigenvalue weighted by molar-refractivity contribution is 0.0690. The number of hydrogen-bond donors (Lipinski definition) is 1. The fourth-order valence-electron chi connectivity index (χ4n) is 2.30. The van der Waals surface area contributed by atoms with E-state index in [0.29, 0.717) is 19.5 Å². The molecule has 114 valence electrons. The number of hydrogen-bond acceptors (Lipinski definition) is 5. The van der Waals surface area contributed by atoms with Gasteiger partial charge in [-0.1, -0.05) is 17.9 Å². The fourth-order valence-corrected chi connectivity index (χ4v) is 2.30. The van der Waals surface area contributed by atoms with E-state index >= 15 is 0 Å². The van der Waals surface area contributed by atoms with Crippen LogP contribution in [-0.2, 0) is 4.74 Å². The van der Waals surface area contributed by atoms with Crippen molar-refractivity contribution in [1.82, 2.24) is 19.9 Å². The van der Waals surface area contributed by atoms with Gasteiger partial charge in [0.2, 0.25) is 0 Å². The number of amides is 1. The second-order valence-electron chi connectivity index (χ2n) is 4.83. The predicted octanol–water partition coefficient (Wildman–Crippen LogP) is 1.33. The van der Waals surface area contributed by atoms with Crippen LogP contribution in [0, 0.1) is 0 Å². The number of aromatic nitrogens is 3. The molecule has 1 aromatic rings. The summed E-state index contributed by atoms with van der Waals surface area (Å²) >= 11 is 0. The molecule has 8 heteroatoms. The molecule has 1 N–H and O–H groups in total. The Morgan fingerprint density at radius 3 is 2.95 bits per heavy atom. The van der Waals surface area contributed by atoms with E-state index < -0.39 is 5.97 Å². The minimum atomic E-state index is -1.09. The molecule has 1 unspecified atom stereocenters. The van der Waals surface area contributed by atoms with Crippen molar-refractivity contribution >= 4 is 12.1 Å². The van der Waals surface area contributed by atoms with Crippen LogP contribution in [0.3, 0.4) is 0 Å². The topological polar surface area (TPSA) is 97.5 Å². The number of carboxylic acid groups (broad SMARTS) is 1. The molecule has 0 spiro atoms. The number of ether oxygens (including phenoxy) is 1. The molecular weight excluding hydrogens is 276 g/mol. The van der Waals surface area contributed by atoms with Gasteiger partial charge in [0.15, 0.2) is 5.69 Å². The van der Waals surface area contributed by atoms with E-state index in [4.69, 9.17) is 9.84 Å². The van der Waals surface area contributed by atoms with Crippen LogP contribution in [0.1, 0.15) is 35.8 Å². The predicted molar refractivity (Wildman–Crippen MR) is 73.0 cm³/mol. The molecule has 0 bridgehead atoms. The quantitative estimate of drug-likeness (QED) is 0.841. The van der Waals surface area contributed by atoms with Crippen LogP contribution in [0.5, 0.6) is 0 Å². The Kier molecular flexibility index (Phi) is 4.91. The van der Waals surface area contributed by atoms with Crippen molar-refractivity contribution in [3.63, 3.8) is 0 Å². The molecular formula is C13H18N4O4. The van der Waals surface area contributed by atoms with Crippen molar-refractivity contribution in [3.8, 4) is 0 Å². The highest BCUT2D eigenvalue weighted by atomic mass is 16.6. The molecule has 2 rings (SSSR count). The van der Waals surface area contributed by atoms with E-state index in [-0.39, 0.29) is 24.4 Å². The van der Waals surface area contributed by atoms with Gasteiger partial charge >= 0.3 is 12.1 Å². The molecule has 0 aromatic carbocycles. The maximum Gasteiger partial charge on any atom is 0.410 e. The van der Waals surface area contributed by atoms with E-state index in [2.05, 4.69) is 16.9 Å². The van der Waals surface area contributed by atoms with Gasteiger partial charge in [-0.05, 0) is 19.3 Å². The molecule has 0 aliphatic carbocycles. The Morgan fingerprint density at radius 1 is 1.48 bits per heavy atom. The molecule has 1 amide bonds. The summed E-state index contributed by atoms with van der Waals surface area (Å²) in [6.07, 6.45) is 4.91. The van der Waals surface area contributed by atoms with Crippen LogP contribution in [0.25, 0.3) is 0 Å². The maximum atomic E-state index is 11.8. The fraction of sp³-hybridized carbons (Fsp3) is 0.538. The van der Waals surface area contributed by atoms with Gasteiger partial charge in [0.25, 0.3) is 0 Å². The highest BCUT2D eigenvalue weighted by Gasteiger charge is 2.23. The summed E-state index contributed by atoms with van der Waals surface area (Å²) < 4.78 is 6.59. The van der Waals surface area contributed by atoms with Gasteiger partial charge in [-0.3, -0.25) is 0 Å². The summed E-state index contributed by atoms with van der Waals surface area (Å²) in [6.45, 7) is 4.86. The van der Waals surface area contributed by atoms with Crippen LogP contribution in [0.4, 0.5) is 4.79 Å². The van der Waals surface area contributed by atoms with Crippen LogP contribution >= 0.6 is 0 Å². The van der Waals surface area contributed by atoms with Crippen molar-refractivity contribution in [3.05, 3.63) is 24.5 Å². The van der Waals surface area contributed by atoms with E-state index in [0.717, 1.165) is 12.8 Å². The minimum Gasteiger partial charge on any atom is -0.476 e. The number of carboxylic acids is 1. The molecule has 1 atom stereocenters. The monoisotopic (exact) mass is 294 g/mol. The number of nitrogens with zero attached hydrogens (tertiary/aromatic N) is 4. The van der Waals surface area contributed by atoms with Gasteiger partial charge in [0.05, 0.1) is 12.2 Å². The largest absolute Gasteiger partial charge is 0.476 e. The first-order chi connectivity index (χ1) is 10.1. The van der Waals surface area contributed by atoms with Gasteiger partial charge in [0.1, 0.15) is 6.61 Å². The zero-order chi connectivity index (χ0) is 15.2.